The van der Waals surface area contributed by atoms with E-state index in [1.807, 2.05) is 13.0 Å². The molecule has 0 aromatic carbocycles. The molecule has 0 radical (unpaired) electrons. The number of aromatic nitrogens is 3. The highest BCUT2D eigenvalue weighted by atomic mass is 35.5. The van der Waals surface area contributed by atoms with Crippen molar-refractivity contribution in [3.05, 3.63) is 24.3 Å². The van der Waals surface area contributed by atoms with Crippen molar-refractivity contribution in [1.82, 2.24) is 14.5 Å². The van der Waals surface area contributed by atoms with E-state index in [1.54, 1.807) is 12.4 Å². The molecular formula is C16H22ClN3O. The van der Waals surface area contributed by atoms with E-state index >= 15 is 0 Å². The molecule has 2 heterocycles. The number of halogens is 1. The Morgan fingerprint density at radius 2 is 2.19 bits per heavy atom. The monoisotopic (exact) mass is 307 g/mol. The van der Waals surface area contributed by atoms with Crippen molar-refractivity contribution in [2.24, 2.45) is 0 Å². The van der Waals surface area contributed by atoms with Gasteiger partial charge in [0.25, 0.3) is 0 Å². The van der Waals surface area contributed by atoms with E-state index in [0.29, 0.717) is 6.10 Å². The predicted molar refractivity (Wildman–Crippen MR) is 84.6 cm³/mol. The zero-order valence-corrected chi connectivity index (χ0v) is 13.2. The lowest BCUT2D eigenvalue weighted by Gasteiger charge is -2.22. The van der Waals surface area contributed by atoms with E-state index in [-0.39, 0.29) is 5.38 Å². The molecule has 2 aromatic heterocycles. The maximum atomic E-state index is 6.26. The summed E-state index contributed by atoms with van der Waals surface area (Å²) in [5.74, 6) is 0.895. The molecule has 4 nitrogen and oxygen atoms in total. The van der Waals surface area contributed by atoms with Crippen LogP contribution in [-0.4, -0.2) is 27.2 Å². The summed E-state index contributed by atoms with van der Waals surface area (Å²) in [7, 11) is 0. The van der Waals surface area contributed by atoms with Crippen LogP contribution >= 0.6 is 11.6 Å². The molecule has 0 amide bonds. The first-order valence-corrected chi connectivity index (χ1v) is 8.25. The van der Waals surface area contributed by atoms with Crippen LogP contribution < -0.4 is 0 Å². The van der Waals surface area contributed by atoms with E-state index in [0.717, 1.165) is 30.0 Å². The molecule has 1 unspecified atom stereocenters. The van der Waals surface area contributed by atoms with Gasteiger partial charge in [-0.2, -0.15) is 0 Å². The number of pyridine rings is 1. The van der Waals surface area contributed by atoms with Gasteiger partial charge in [-0.3, -0.25) is 4.98 Å². The van der Waals surface area contributed by atoms with E-state index in [2.05, 4.69) is 14.5 Å². The van der Waals surface area contributed by atoms with Gasteiger partial charge in [-0.25, -0.2) is 4.98 Å². The SMILES string of the molecule is CC(Cl)c1nc2cnccc2n1CCOC1CCCCC1. The minimum atomic E-state index is -0.118. The van der Waals surface area contributed by atoms with Crippen LogP contribution in [0.2, 0.25) is 0 Å². The summed E-state index contributed by atoms with van der Waals surface area (Å²) in [4.78, 5) is 8.72. The van der Waals surface area contributed by atoms with E-state index in [4.69, 9.17) is 16.3 Å². The van der Waals surface area contributed by atoms with E-state index in [1.165, 1.54) is 32.1 Å². The molecule has 0 bridgehead atoms. The number of alkyl halides is 1. The summed E-state index contributed by atoms with van der Waals surface area (Å²) in [6, 6.07) is 1.99. The van der Waals surface area contributed by atoms with Gasteiger partial charge in [-0.05, 0) is 25.8 Å². The van der Waals surface area contributed by atoms with Crippen LogP contribution in [-0.2, 0) is 11.3 Å². The lowest BCUT2D eigenvalue weighted by Crippen LogP contribution is -2.20. The summed E-state index contributed by atoms with van der Waals surface area (Å²) in [6.07, 6.45) is 10.4. The fourth-order valence-corrected chi connectivity index (χ4v) is 3.25. The van der Waals surface area contributed by atoms with E-state index in [9.17, 15) is 0 Å². The third-order valence-electron chi connectivity index (χ3n) is 4.16. The lowest BCUT2D eigenvalue weighted by atomic mass is 9.98. The van der Waals surface area contributed by atoms with Crippen LogP contribution in [0.5, 0.6) is 0 Å². The van der Waals surface area contributed by atoms with Gasteiger partial charge in [-0.1, -0.05) is 19.3 Å². The van der Waals surface area contributed by atoms with Gasteiger partial charge in [0.1, 0.15) is 11.3 Å². The number of imidazole rings is 1. The summed E-state index contributed by atoms with van der Waals surface area (Å²) in [5, 5.41) is -0.118. The van der Waals surface area contributed by atoms with Crippen LogP contribution in [0.25, 0.3) is 11.0 Å². The molecule has 1 aliphatic carbocycles. The Morgan fingerprint density at radius 1 is 1.38 bits per heavy atom. The van der Waals surface area contributed by atoms with E-state index < -0.39 is 0 Å². The molecule has 0 saturated heterocycles. The van der Waals surface area contributed by atoms with Gasteiger partial charge in [-0.15, -0.1) is 11.6 Å². The molecule has 0 aliphatic heterocycles. The topological polar surface area (TPSA) is 39.9 Å². The van der Waals surface area contributed by atoms with Crippen LogP contribution in [0.4, 0.5) is 0 Å². The molecule has 1 atom stereocenters. The minimum Gasteiger partial charge on any atom is -0.376 e. The van der Waals surface area contributed by atoms with Crippen molar-refractivity contribution in [3.8, 4) is 0 Å². The molecule has 3 rings (SSSR count). The number of nitrogens with zero attached hydrogens (tertiary/aromatic N) is 3. The fraction of sp³-hybridized carbons (Fsp3) is 0.625. The van der Waals surface area contributed by atoms with Crippen molar-refractivity contribution in [2.75, 3.05) is 6.61 Å². The Hall–Kier alpha value is -1.13. The number of hydrogen-bond acceptors (Lipinski definition) is 3. The molecule has 114 valence electrons. The smallest absolute Gasteiger partial charge is 0.127 e. The van der Waals surface area contributed by atoms with Crippen LogP contribution in [0, 0.1) is 0 Å². The highest BCUT2D eigenvalue weighted by Crippen LogP contribution is 2.24. The summed E-state index contributed by atoms with van der Waals surface area (Å²) < 4.78 is 8.20. The van der Waals surface area contributed by atoms with Gasteiger partial charge >= 0.3 is 0 Å². The summed E-state index contributed by atoms with van der Waals surface area (Å²) in [6.45, 7) is 3.47. The first kappa shape index (κ1) is 14.8. The highest BCUT2D eigenvalue weighted by molar-refractivity contribution is 6.20. The maximum absolute atomic E-state index is 6.26. The molecule has 1 fully saturated rings. The second-order valence-corrected chi connectivity index (χ2v) is 6.39. The van der Waals surface area contributed by atoms with Crippen LogP contribution in [0.3, 0.4) is 0 Å². The average Bonchev–Trinajstić information content (AvgIpc) is 2.88. The number of rotatable bonds is 5. The zero-order valence-electron chi connectivity index (χ0n) is 12.5. The largest absolute Gasteiger partial charge is 0.376 e. The van der Waals surface area contributed by atoms with Crippen molar-refractivity contribution in [3.63, 3.8) is 0 Å². The highest BCUT2D eigenvalue weighted by Gasteiger charge is 2.16. The van der Waals surface area contributed by atoms with Crippen molar-refractivity contribution in [1.29, 1.82) is 0 Å². The molecule has 5 heteroatoms. The third kappa shape index (κ3) is 3.38. The summed E-state index contributed by atoms with van der Waals surface area (Å²) >= 11 is 6.26. The molecule has 1 aliphatic rings. The van der Waals surface area contributed by atoms with Gasteiger partial charge in [0.15, 0.2) is 0 Å². The first-order chi connectivity index (χ1) is 10.3. The second kappa shape index (κ2) is 6.75. The fourth-order valence-electron chi connectivity index (χ4n) is 3.08. The van der Waals surface area contributed by atoms with Gasteiger partial charge in [0.2, 0.25) is 0 Å². The van der Waals surface area contributed by atoms with Gasteiger partial charge < -0.3 is 9.30 Å². The quantitative estimate of drug-likeness (QED) is 0.781. The Balaban J connectivity index is 1.71. The standard InChI is InChI=1S/C16H22ClN3O/c1-12(17)16-19-14-11-18-8-7-15(14)20(16)9-10-21-13-5-3-2-4-6-13/h7-8,11-13H,2-6,9-10H2,1H3. The number of hydrogen-bond donors (Lipinski definition) is 0. The Kier molecular flexibility index (Phi) is 4.76. The normalized spacial score (nSPS) is 18.2. The zero-order chi connectivity index (χ0) is 14.7. The predicted octanol–water partition coefficient (Wildman–Crippen LogP) is 4.08. The lowest BCUT2D eigenvalue weighted by molar-refractivity contribution is 0.0242. The third-order valence-corrected chi connectivity index (χ3v) is 4.35. The number of ether oxygens (including phenoxy) is 1. The summed E-state index contributed by atoms with van der Waals surface area (Å²) in [5.41, 5.74) is 1.98. The Morgan fingerprint density at radius 3 is 2.95 bits per heavy atom. The molecule has 0 spiro atoms. The molecule has 21 heavy (non-hydrogen) atoms. The first-order valence-electron chi connectivity index (χ1n) is 7.81. The second-order valence-electron chi connectivity index (χ2n) is 5.73. The molecule has 1 saturated carbocycles. The average molecular weight is 308 g/mol. The van der Waals surface area contributed by atoms with Gasteiger partial charge in [0.05, 0.1) is 29.8 Å². The van der Waals surface area contributed by atoms with Crippen molar-refractivity contribution >= 4 is 22.6 Å². The van der Waals surface area contributed by atoms with Crippen LogP contribution in [0.15, 0.2) is 18.5 Å². The number of fused-ring (bicyclic) bond motifs is 1. The molecule has 0 N–H and O–H groups in total. The minimum absolute atomic E-state index is 0.118. The van der Waals surface area contributed by atoms with Crippen molar-refractivity contribution < 1.29 is 4.74 Å². The Bertz CT molecular complexity index is 590. The van der Waals surface area contributed by atoms with Crippen molar-refractivity contribution in [2.45, 2.75) is 57.1 Å². The molecular weight excluding hydrogens is 286 g/mol. The van der Waals surface area contributed by atoms with Gasteiger partial charge in [0, 0.05) is 12.7 Å². The Labute approximate surface area is 130 Å². The maximum Gasteiger partial charge on any atom is 0.127 e. The van der Waals surface area contributed by atoms with Crippen LogP contribution in [0.1, 0.15) is 50.2 Å². The molecule has 2 aromatic rings.